The number of hydrogen-bond acceptors (Lipinski definition) is 5. The van der Waals surface area contributed by atoms with Crippen LogP contribution in [0, 0.1) is 10.1 Å². The number of nitro groups is 1. The van der Waals surface area contributed by atoms with Gasteiger partial charge in [0.2, 0.25) is 0 Å². The normalized spacial score (nSPS) is 12.0. The molecule has 0 saturated heterocycles. The minimum absolute atomic E-state index is 0.106. The predicted molar refractivity (Wildman–Crippen MR) is 82.1 cm³/mol. The molecular weight excluding hydrogens is 346 g/mol. The lowest BCUT2D eigenvalue weighted by Crippen LogP contribution is -2.75. The molecule has 0 aliphatic rings. The van der Waals surface area contributed by atoms with Crippen LogP contribution < -0.4 is 10.9 Å². The molecule has 0 aromatic heterocycles. The summed E-state index contributed by atoms with van der Waals surface area (Å²) in [6.45, 7) is 0. The zero-order chi connectivity index (χ0) is 17.0. The molecule has 2 aromatic rings. The summed E-state index contributed by atoms with van der Waals surface area (Å²) in [4.78, 5) is 9.89. The Morgan fingerprint density at radius 3 is 2.22 bits per heavy atom. The predicted octanol–water partition coefficient (Wildman–Crippen LogP) is 0.355. The Morgan fingerprint density at radius 1 is 1.13 bits per heavy atom. The maximum atomic E-state index is 11.9. The molecule has 0 saturated carbocycles. The summed E-state index contributed by atoms with van der Waals surface area (Å²) in [6.07, 6.45) is 0. The lowest BCUT2D eigenvalue weighted by Gasteiger charge is -2.01. The second-order valence-electron chi connectivity index (χ2n) is 4.31. The molecular formula is C13H11ClN3O5S+. The monoisotopic (exact) mass is 356 g/mol. The van der Waals surface area contributed by atoms with Gasteiger partial charge in [0, 0.05) is 17.2 Å². The highest BCUT2D eigenvalue weighted by Gasteiger charge is 2.18. The summed E-state index contributed by atoms with van der Waals surface area (Å²) >= 11 is 5.68. The van der Waals surface area contributed by atoms with E-state index < -0.39 is 15.0 Å². The largest absolute Gasteiger partial charge is 0.375 e. The van der Waals surface area contributed by atoms with E-state index in [4.69, 9.17) is 17.3 Å². The molecule has 8 nitrogen and oxygen atoms in total. The quantitative estimate of drug-likeness (QED) is 0.344. The molecule has 2 aromatic carbocycles. The number of rotatable bonds is 5. The lowest BCUT2D eigenvalue weighted by atomic mass is 10.2. The van der Waals surface area contributed by atoms with E-state index in [0.29, 0.717) is 10.6 Å². The van der Waals surface area contributed by atoms with E-state index in [9.17, 15) is 18.5 Å². The fourth-order valence-corrected chi connectivity index (χ4v) is 2.46. The number of benzene rings is 2. The third-order valence-corrected chi connectivity index (χ3v) is 4.16. The van der Waals surface area contributed by atoms with Crippen LogP contribution in [0.5, 0.6) is 0 Å². The number of nitrogens with two attached hydrogens (primary N) is 1. The van der Waals surface area contributed by atoms with E-state index in [-0.39, 0.29) is 16.4 Å². The van der Waals surface area contributed by atoms with Crippen LogP contribution in [-0.2, 0) is 14.4 Å². The van der Waals surface area contributed by atoms with Gasteiger partial charge in [-0.25, -0.2) is 4.28 Å². The zero-order valence-electron chi connectivity index (χ0n) is 11.5. The van der Waals surface area contributed by atoms with Crippen LogP contribution in [0.4, 0.5) is 5.69 Å². The topological polar surface area (TPSA) is 126 Å². The third kappa shape index (κ3) is 4.18. The van der Waals surface area contributed by atoms with E-state index in [1.165, 1.54) is 48.5 Å². The smallest absolute Gasteiger partial charge is 0.284 e. The molecule has 0 aliphatic heterocycles. The second kappa shape index (κ2) is 6.63. The van der Waals surface area contributed by atoms with E-state index >= 15 is 0 Å². The minimum atomic E-state index is -4.08. The third-order valence-electron chi connectivity index (χ3n) is 2.75. The molecule has 0 bridgehead atoms. The Labute approximate surface area is 136 Å². The second-order valence-corrected chi connectivity index (χ2v) is 6.29. The Hall–Kier alpha value is -2.65. The summed E-state index contributed by atoms with van der Waals surface area (Å²) in [6, 6.07) is 10.6. The van der Waals surface area contributed by atoms with Gasteiger partial charge in [0.1, 0.15) is 4.90 Å². The van der Waals surface area contributed by atoms with Crippen LogP contribution in [0.15, 0.2) is 53.4 Å². The minimum Gasteiger partial charge on any atom is -0.284 e. The zero-order valence-corrected chi connectivity index (χ0v) is 13.0. The molecule has 0 spiro atoms. The van der Waals surface area contributed by atoms with Gasteiger partial charge in [0.25, 0.3) is 5.69 Å². The maximum absolute atomic E-state index is 11.9. The van der Waals surface area contributed by atoms with E-state index in [1.807, 2.05) is 0 Å². The molecule has 0 aliphatic carbocycles. The SMILES string of the molecule is NC(=[NH+]OS(=O)(=O)c1ccc(Cl)cc1)c1ccc([N+](=O)[O-])cc1. The molecule has 0 unspecified atom stereocenters. The van der Waals surface area contributed by atoms with Gasteiger partial charge in [0.15, 0.2) is 0 Å². The average molecular weight is 357 g/mol. The standard InChI is InChI=1S/C13H10ClN3O5S/c14-10-3-7-12(8-4-10)23(20,21)22-16-13(15)9-1-5-11(6-2-9)17(18)19/h1-8H,(H2,15,16)/p+1. The van der Waals surface area contributed by atoms with Crippen LogP contribution in [0.1, 0.15) is 5.56 Å². The molecule has 0 heterocycles. The molecule has 23 heavy (non-hydrogen) atoms. The number of hydrogen-bond donors (Lipinski definition) is 2. The fourth-order valence-electron chi connectivity index (χ4n) is 1.57. The van der Waals surface area contributed by atoms with Crippen molar-refractivity contribution < 1.29 is 22.8 Å². The summed E-state index contributed by atoms with van der Waals surface area (Å²) in [5.74, 6) is -0.113. The Kier molecular flexibility index (Phi) is 4.82. The Balaban J connectivity index is 2.18. The summed E-state index contributed by atoms with van der Waals surface area (Å²) in [5, 5.41) is 13.0. The molecule has 0 fully saturated rings. The van der Waals surface area contributed by atoms with E-state index in [0.717, 1.165) is 0 Å². The van der Waals surface area contributed by atoms with Crippen molar-refractivity contribution in [1.29, 1.82) is 0 Å². The molecule has 3 N–H and O–H groups in total. The first kappa shape index (κ1) is 16.7. The van der Waals surface area contributed by atoms with Crippen molar-refractivity contribution in [2.45, 2.75) is 4.90 Å². The van der Waals surface area contributed by atoms with Gasteiger partial charge in [-0.05, 0) is 36.4 Å². The van der Waals surface area contributed by atoms with Crippen LogP contribution in [0.2, 0.25) is 5.02 Å². The highest BCUT2D eigenvalue weighted by molar-refractivity contribution is 7.86. The Morgan fingerprint density at radius 2 is 1.70 bits per heavy atom. The average Bonchev–Trinajstić information content (AvgIpc) is 2.53. The molecule has 0 radical (unpaired) electrons. The van der Waals surface area contributed by atoms with Gasteiger partial charge in [-0.1, -0.05) is 16.8 Å². The summed E-state index contributed by atoms with van der Waals surface area (Å²) < 4.78 is 28.5. The van der Waals surface area contributed by atoms with Crippen molar-refractivity contribution in [1.82, 2.24) is 0 Å². The summed E-state index contributed by atoms with van der Waals surface area (Å²) in [7, 11) is -4.08. The van der Waals surface area contributed by atoms with Gasteiger partial charge in [-0.3, -0.25) is 15.8 Å². The summed E-state index contributed by atoms with van der Waals surface area (Å²) in [5.41, 5.74) is 5.88. The molecule has 0 amide bonds. The van der Waals surface area contributed by atoms with Crippen LogP contribution in [0.3, 0.4) is 0 Å². The number of amidine groups is 1. The van der Waals surface area contributed by atoms with Gasteiger partial charge in [-0.15, -0.1) is 0 Å². The highest BCUT2D eigenvalue weighted by Crippen LogP contribution is 2.14. The molecule has 2 rings (SSSR count). The van der Waals surface area contributed by atoms with Crippen molar-refractivity contribution in [3.8, 4) is 0 Å². The lowest BCUT2D eigenvalue weighted by molar-refractivity contribution is -0.704. The molecule has 0 atom stereocenters. The van der Waals surface area contributed by atoms with Crippen molar-refractivity contribution >= 4 is 33.2 Å². The van der Waals surface area contributed by atoms with Gasteiger partial charge in [0.05, 0.1) is 10.5 Å². The number of nitrogens with zero attached hydrogens (tertiary/aromatic N) is 1. The number of nitrogens with one attached hydrogen (secondary N) is 1. The van der Waals surface area contributed by atoms with Gasteiger partial charge >= 0.3 is 16.0 Å². The van der Waals surface area contributed by atoms with Crippen molar-refractivity contribution in [3.05, 3.63) is 69.2 Å². The van der Waals surface area contributed by atoms with Crippen LogP contribution >= 0.6 is 11.6 Å². The highest BCUT2D eigenvalue weighted by atomic mass is 35.5. The van der Waals surface area contributed by atoms with E-state index in [1.54, 1.807) is 0 Å². The van der Waals surface area contributed by atoms with E-state index in [2.05, 4.69) is 9.44 Å². The molecule has 120 valence electrons. The molecule has 10 heteroatoms. The first-order chi connectivity index (χ1) is 10.8. The number of nitro benzene ring substituents is 1. The van der Waals surface area contributed by atoms with Crippen LogP contribution in [0.25, 0.3) is 0 Å². The van der Waals surface area contributed by atoms with Gasteiger partial charge < -0.3 is 0 Å². The fraction of sp³-hybridized carbons (Fsp3) is 0. The van der Waals surface area contributed by atoms with Crippen molar-refractivity contribution in [3.63, 3.8) is 0 Å². The maximum Gasteiger partial charge on any atom is 0.375 e. The number of nitrogen functional groups attached to an aromatic ring is 1. The first-order valence-electron chi connectivity index (χ1n) is 6.12. The number of halogens is 1. The van der Waals surface area contributed by atoms with Crippen molar-refractivity contribution in [2.24, 2.45) is 5.73 Å². The van der Waals surface area contributed by atoms with Gasteiger partial charge in [-0.2, -0.15) is 8.42 Å². The Bertz CT molecular complexity index is 848. The number of non-ortho nitro benzene ring substituents is 1. The van der Waals surface area contributed by atoms with Crippen molar-refractivity contribution in [2.75, 3.05) is 0 Å². The van der Waals surface area contributed by atoms with Crippen LogP contribution in [-0.4, -0.2) is 19.2 Å². The first-order valence-corrected chi connectivity index (χ1v) is 7.90.